The van der Waals surface area contributed by atoms with Crippen LogP contribution in [0.1, 0.15) is 40.5 Å². The number of aromatic carboxylic acids is 1. The summed E-state index contributed by atoms with van der Waals surface area (Å²) in [7, 11) is 0. The predicted molar refractivity (Wildman–Crippen MR) is 85.2 cm³/mol. The first-order chi connectivity index (χ1) is 11.1. The fourth-order valence-corrected chi connectivity index (χ4v) is 1.85. The summed E-state index contributed by atoms with van der Waals surface area (Å²) in [6, 6.07) is 12.4. The Hall–Kier alpha value is -2.82. The van der Waals surface area contributed by atoms with Crippen molar-refractivity contribution in [2.24, 2.45) is 0 Å². The van der Waals surface area contributed by atoms with Crippen molar-refractivity contribution in [1.29, 1.82) is 0 Å². The van der Waals surface area contributed by atoms with Gasteiger partial charge >= 0.3 is 11.9 Å². The summed E-state index contributed by atoms with van der Waals surface area (Å²) in [5.41, 5.74) is 0.411. The van der Waals surface area contributed by atoms with Crippen LogP contribution in [0.25, 0.3) is 0 Å². The lowest BCUT2D eigenvalue weighted by Gasteiger charge is -2.07. The van der Waals surface area contributed by atoms with Gasteiger partial charge < -0.3 is 14.6 Å². The number of carboxylic acids is 1. The second kappa shape index (κ2) is 7.98. The lowest BCUT2D eigenvalue weighted by Crippen LogP contribution is -2.09. The molecule has 0 bridgehead atoms. The van der Waals surface area contributed by atoms with E-state index in [-0.39, 0.29) is 5.56 Å². The highest BCUT2D eigenvalue weighted by Crippen LogP contribution is 2.19. The number of hydrogen-bond acceptors (Lipinski definition) is 4. The van der Waals surface area contributed by atoms with Crippen LogP contribution in [-0.2, 0) is 0 Å². The molecule has 0 aliphatic carbocycles. The lowest BCUT2D eigenvalue weighted by molar-refractivity contribution is 0.0691. The number of hydrogen-bond donors (Lipinski definition) is 1. The Bertz CT molecular complexity index is 659. The van der Waals surface area contributed by atoms with Crippen LogP contribution in [0, 0.1) is 0 Å². The van der Waals surface area contributed by atoms with Crippen LogP contribution in [0.2, 0.25) is 0 Å². The van der Waals surface area contributed by atoms with Gasteiger partial charge in [-0.15, -0.1) is 0 Å². The van der Waals surface area contributed by atoms with E-state index >= 15 is 0 Å². The lowest BCUT2D eigenvalue weighted by atomic mass is 10.1. The zero-order chi connectivity index (χ0) is 16.7. The molecule has 0 aliphatic heterocycles. The smallest absolute Gasteiger partial charge is 0.343 e. The van der Waals surface area contributed by atoms with E-state index in [1.807, 2.05) is 0 Å². The van der Waals surface area contributed by atoms with Crippen LogP contribution in [0.5, 0.6) is 11.5 Å². The number of rotatable bonds is 7. The number of benzene rings is 2. The quantitative estimate of drug-likeness (QED) is 0.478. The summed E-state index contributed by atoms with van der Waals surface area (Å²) < 4.78 is 10.8. The van der Waals surface area contributed by atoms with Gasteiger partial charge in [-0.25, -0.2) is 9.59 Å². The first-order valence-corrected chi connectivity index (χ1v) is 7.38. The molecule has 2 rings (SSSR count). The van der Waals surface area contributed by atoms with Crippen molar-refractivity contribution in [3.63, 3.8) is 0 Å². The molecule has 120 valence electrons. The molecule has 0 heterocycles. The van der Waals surface area contributed by atoms with Gasteiger partial charge in [-0.1, -0.05) is 13.3 Å². The maximum Gasteiger partial charge on any atom is 0.343 e. The van der Waals surface area contributed by atoms with Crippen LogP contribution in [0.4, 0.5) is 0 Å². The largest absolute Gasteiger partial charge is 0.494 e. The van der Waals surface area contributed by atoms with Crippen molar-refractivity contribution < 1.29 is 24.2 Å². The molecule has 23 heavy (non-hydrogen) atoms. The molecule has 5 heteroatoms. The van der Waals surface area contributed by atoms with Crippen molar-refractivity contribution in [2.75, 3.05) is 6.61 Å². The summed E-state index contributed by atoms with van der Waals surface area (Å²) in [6.07, 6.45) is 2.06. The zero-order valence-corrected chi connectivity index (χ0v) is 12.8. The average molecular weight is 314 g/mol. The predicted octanol–water partition coefficient (Wildman–Crippen LogP) is 3.78. The van der Waals surface area contributed by atoms with Gasteiger partial charge in [0.2, 0.25) is 0 Å². The number of esters is 1. The van der Waals surface area contributed by atoms with Gasteiger partial charge in [-0.2, -0.15) is 0 Å². The Morgan fingerprint density at radius 1 is 0.913 bits per heavy atom. The molecule has 0 atom stereocenters. The highest BCUT2D eigenvalue weighted by Gasteiger charge is 2.10. The summed E-state index contributed by atoms with van der Waals surface area (Å²) >= 11 is 0. The topological polar surface area (TPSA) is 72.8 Å². The minimum atomic E-state index is -1.04. The molecular weight excluding hydrogens is 296 g/mol. The van der Waals surface area contributed by atoms with Crippen LogP contribution < -0.4 is 9.47 Å². The van der Waals surface area contributed by atoms with Crippen molar-refractivity contribution in [3.8, 4) is 11.5 Å². The molecular formula is C18H18O5. The third-order valence-electron chi connectivity index (χ3n) is 3.17. The Kier molecular flexibility index (Phi) is 5.74. The highest BCUT2D eigenvalue weighted by molar-refractivity contribution is 5.93. The molecule has 0 aromatic heterocycles. The standard InChI is InChI=1S/C18H18O5/c1-2-3-12-22-15-8-10-16(11-9-15)23-18(21)14-6-4-13(5-7-14)17(19)20/h4-11H,2-3,12H2,1H3,(H,19,20). The maximum absolute atomic E-state index is 12.0. The average Bonchev–Trinajstić information content (AvgIpc) is 2.56. The maximum atomic E-state index is 12.0. The second-order valence-electron chi connectivity index (χ2n) is 4.95. The molecule has 0 amide bonds. The first-order valence-electron chi connectivity index (χ1n) is 7.38. The molecule has 0 spiro atoms. The van der Waals surface area contributed by atoms with Crippen LogP contribution in [0.15, 0.2) is 48.5 Å². The molecule has 0 radical (unpaired) electrons. The zero-order valence-electron chi connectivity index (χ0n) is 12.8. The molecule has 0 saturated carbocycles. The third-order valence-corrected chi connectivity index (χ3v) is 3.17. The molecule has 0 saturated heterocycles. The minimum Gasteiger partial charge on any atom is -0.494 e. The molecule has 5 nitrogen and oxygen atoms in total. The number of carbonyl (C=O) groups excluding carboxylic acids is 1. The minimum absolute atomic E-state index is 0.120. The fourth-order valence-electron chi connectivity index (χ4n) is 1.85. The van der Waals surface area contributed by atoms with Gasteiger partial charge in [-0.3, -0.25) is 0 Å². The van der Waals surface area contributed by atoms with Crippen molar-refractivity contribution >= 4 is 11.9 Å². The Morgan fingerprint density at radius 3 is 2.04 bits per heavy atom. The molecule has 0 unspecified atom stereocenters. The van der Waals surface area contributed by atoms with Gasteiger partial charge in [0, 0.05) is 0 Å². The van der Waals surface area contributed by atoms with Crippen molar-refractivity contribution in [3.05, 3.63) is 59.7 Å². The van der Waals surface area contributed by atoms with Gasteiger partial charge in [0.1, 0.15) is 11.5 Å². The number of carboxylic acid groups (broad SMARTS) is 1. The van der Waals surface area contributed by atoms with E-state index < -0.39 is 11.9 Å². The summed E-state index contributed by atoms with van der Waals surface area (Å²) in [5, 5.41) is 8.82. The SMILES string of the molecule is CCCCOc1ccc(OC(=O)c2ccc(C(=O)O)cc2)cc1. The van der Waals surface area contributed by atoms with Crippen LogP contribution >= 0.6 is 0 Å². The summed E-state index contributed by atoms with van der Waals surface area (Å²) in [5.74, 6) is -0.450. The van der Waals surface area contributed by atoms with E-state index in [9.17, 15) is 9.59 Å². The van der Waals surface area contributed by atoms with E-state index in [0.717, 1.165) is 18.6 Å². The van der Waals surface area contributed by atoms with Crippen molar-refractivity contribution in [1.82, 2.24) is 0 Å². The van der Waals surface area contributed by atoms with Crippen LogP contribution in [0.3, 0.4) is 0 Å². The van der Waals surface area contributed by atoms with E-state index in [0.29, 0.717) is 17.9 Å². The van der Waals surface area contributed by atoms with E-state index in [1.165, 1.54) is 24.3 Å². The monoisotopic (exact) mass is 314 g/mol. The first kappa shape index (κ1) is 16.5. The van der Waals surface area contributed by atoms with Gasteiger partial charge in [-0.05, 0) is 55.0 Å². The van der Waals surface area contributed by atoms with Crippen LogP contribution in [-0.4, -0.2) is 23.7 Å². The number of unbranched alkanes of at least 4 members (excludes halogenated alkanes) is 1. The summed E-state index contributed by atoms with van der Waals surface area (Å²) in [6.45, 7) is 2.75. The molecule has 0 fully saturated rings. The second-order valence-corrected chi connectivity index (χ2v) is 4.95. The Balaban J connectivity index is 1.95. The summed E-state index contributed by atoms with van der Waals surface area (Å²) in [4.78, 5) is 22.8. The molecule has 2 aromatic carbocycles. The molecule has 1 N–H and O–H groups in total. The van der Waals surface area contributed by atoms with Crippen molar-refractivity contribution in [2.45, 2.75) is 19.8 Å². The van der Waals surface area contributed by atoms with E-state index in [2.05, 4.69) is 6.92 Å². The van der Waals surface area contributed by atoms with Gasteiger partial charge in [0.05, 0.1) is 17.7 Å². The normalized spacial score (nSPS) is 10.1. The van der Waals surface area contributed by atoms with Gasteiger partial charge in [0.25, 0.3) is 0 Å². The number of carbonyl (C=O) groups is 2. The Labute approximate surface area is 134 Å². The third kappa shape index (κ3) is 4.85. The van der Waals surface area contributed by atoms with E-state index in [1.54, 1.807) is 24.3 Å². The van der Waals surface area contributed by atoms with E-state index in [4.69, 9.17) is 14.6 Å². The Morgan fingerprint density at radius 2 is 1.48 bits per heavy atom. The fraction of sp³-hybridized carbons (Fsp3) is 0.222. The number of ether oxygens (including phenoxy) is 2. The molecule has 2 aromatic rings. The molecule has 0 aliphatic rings. The van der Waals surface area contributed by atoms with Gasteiger partial charge in [0.15, 0.2) is 0 Å². The highest BCUT2D eigenvalue weighted by atomic mass is 16.5.